The number of ether oxygens (including phenoxy) is 1. The van der Waals surface area contributed by atoms with Crippen LogP contribution in [0.5, 0.6) is 0 Å². The first-order valence-electron chi connectivity index (χ1n) is 6.78. The van der Waals surface area contributed by atoms with Crippen molar-refractivity contribution in [3.8, 4) is 0 Å². The Morgan fingerprint density at radius 3 is 2.62 bits per heavy atom. The standard InChI is InChI=1S/C13H27NO2/c1-2-3-10-16-11-9-14-12-13(15)7-5-4-6-8-13/h14-15H,2-12H2,1H3. The van der Waals surface area contributed by atoms with Crippen LogP contribution in [0.1, 0.15) is 51.9 Å². The molecule has 0 aliphatic heterocycles. The largest absolute Gasteiger partial charge is 0.389 e. The molecule has 0 aromatic rings. The van der Waals surface area contributed by atoms with E-state index >= 15 is 0 Å². The Balaban J connectivity index is 1.93. The molecule has 0 bridgehead atoms. The Labute approximate surface area is 99.6 Å². The van der Waals surface area contributed by atoms with Crippen molar-refractivity contribution in [2.45, 2.75) is 57.5 Å². The highest BCUT2D eigenvalue weighted by molar-refractivity contribution is 4.84. The molecule has 0 aromatic carbocycles. The predicted octanol–water partition coefficient (Wildman–Crippen LogP) is 2.09. The summed E-state index contributed by atoms with van der Waals surface area (Å²) in [6.07, 6.45) is 7.86. The minimum atomic E-state index is -0.443. The molecule has 3 heteroatoms. The molecular weight excluding hydrogens is 202 g/mol. The number of nitrogens with one attached hydrogen (secondary N) is 1. The summed E-state index contributed by atoms with van der Waals surface area (Å²) in [6, 6.07) is 0. The van der Waals surface area contributed by atoms with Crippen molar-refractivity contribution in [2.24, 2.45) is 0 Å². The van der Waals surface area contributed by atoms with Crippen molar-refractivity contribution in [1.29, 1.82) is 0 Å². The number of hydrogen-bond donors (Lipinski definition) is 2. The third kappa shape index (κ3) is 5.83. The highest BCUT2D eigenvalue weighted by Crippen LogP contribution is 2.27. The zero-order chi connectivity index (χ0) is 11.7. The van der Waals surface area contributed by atoms with E-state index in [1.54, 1.807) is 0 Å². The van der Waals surface area contributed by atoms with Crippen LogP contribution in [0.25, 0.3) is 0 Å². The summed E-state index contributed by atoms with van der Waals surface area (Å²) < 4.78 is 5.45. The Hall–Kier alpha value is -0.120. The van der Waals surface area contributed by atoms with Crippen molar-refractivity contribution < 1.29 is 9.84 Å². The second kappa shape index (κ2) is 8.04. The molecule has 96 valence electrons. The molecule has 1 saturated carbocycles. The van der Waals surface area contributed by atoms with E-state index in [2.05, 4.69) is 12.2 Å². The summed E-state index contributed by atoms with van der Waals surface area (Å²) in [5.41, 5.74) is -0.443. The highest BCUT2D eigenvalue weighted by atomic mass is 16.5. The summed E-state index contributed by atoms with van der Waals surface area (Å²) in [5, 5.41) is 13.5. The van der Waals surface area contributed by atoms with E-state index in [0.717, 1.165) is 45.6 Å². The van der Waals surface area contributed by atoms with Gasteiger partial charge in [0.1, 0.15) is 0 Å². The monoisotopic (exact) mass is 229 g/mol. The van der Waals surface area contributed by atoms with Crippen LogP contribution in [0, 0.1) is 0 Å². The van der Waals surface area contributed by atoms with Crippen LogP contribution < -0.4 is 5.32 Å². The molecular formula is C13H27NO2. The molecule has 3 nitrogen and oxygen atoms in total. The minimum absolute atomic E-state index is 0.443. The van der Waals surface area contributed by atoms with Gasteiger partial charge in [-0.3, -0.25) is 0 Å². The SMILES string of the molecule is CCCCOCCNCC1(O)CCCCC1. The van der Waals surface area contributed by atoms with E-state index in [0.29, 0.717) is 0 Å². The van der Waals surface area contributed by atoms with Gasteiger partial charge in [-0.1, -0.05) is 32.6 Å². The molecule has 0 atom stereocenters. The first-order chi connectivity index (χ1) is 7.77. The lowest BCUT2D eigenvalue weighted by molar-refractivity contribution is 0.00340. The molecule has 0 unspecified atom stereocenters. The molecule has 1 rings (SSSR count). The van der Waals surface area contributed by atoms with Crippen LogP contribution in [0.3, 0.4) is 0 Å². The lowest BCUT2D eigenvalue weighted by Crippen LogP contribution is -2.43. The van der Waals surface area contributed by atoms with E-state index in [9.17, 15) is 5.11 Å². The predicted molar refractivity (Wildman–Crippen MR) is 66.6 cm³/mol. The van der Waals surface area contributed by atoms with Gasteiger partial charge in [-0.15, -0.1) is 0 Å². The van der Waals surface area contributed by atoms with Gasteiger partial charge in [0.15, 0.2) is 0 Å². The van der Waals surface area contributed by atoms with Gasteiger partial charge >= 0.3 is 0 Å². The lowest BCUT2D eigenvalue weighted by Gasteiger charge is -2.32. The van der Waals surface area contributed by atoms with Gasteiger partial charge in [0.25, 0.3) is 0 Å². The van der Waals surface area contributed by atoms with Gasteiger partial charge in [-0.25, -0.2) is 0 Å². The summed E-state index contributed by atoms with van der Waals surface area (Å²) in [7, 11) is 0. The third-order valence-electron chi connectivity index (χ3n) is 3.30. The molecule has 16 heavy (non-hydrogen) atoms. The van der Waals surface area contributed by atoms with Crippen LogP contribution in [0.2, 0.25) is 0 Å². The molecule has 0 heterocycles. The number of aliphatic hydroxyl groups is 1. The molecule has 2 N–H and O–H groups in total. The van der Waals surface area contributed by atoms with E-state index in [-0.39, 0.29) is 0 Å². The van der Waals surface area contributed by atoms with Gasteiger partial charge in [0.05, 0.1) is 12.2 Å². The number of unbranched alkanes of at least 4 members (excludes halogenated alkanes) is 1. The zero-order valence-electron chi connectivity index (χ0n) is 10.6. The molecule has 0 amide bonds. The number of hydrogen-bond acceptors (Lipinski definition) is 3. The van der Waals surface area contributed by atoms with Crippen molar-refractivity contribution in [1.82, 2.24) is 5.32 Å². The maximum Gasteiger partial charge on any atom is 0.0771 e. The fourth-order valence-electron chi connectivity index (χ4n) is 2.20. The first-order valence-corrected chi connectivity index (χ1v) is 6.78. The van der Waals surface area contributed by atoms with Crippen molar-refractivity contribution in [3.63, 3.8) is 0 Å². The van der Waals surface area contributed by atoms with Crippen LogP contribution in [0.4, 0.5) is 0 Å². The zero-order valence-corrected chi connectivity index (χ0v) is 10.6. The van der Waals surface area contributed by atoms with Crippen LogP contribution >= 0.6 is 0 Å². The average molecular weight is 229 g/mol. The molecule has 0 radical (unpaired) electrons. The van der Waals surface area contributed by atoms with Crippen LogP contribution in [-0.2, 0) is 4.74 Å². The second-order valence-electron chi connectivity index (χ2n) is 4.93. The van der Waals surface area contributed by atoms with E-state index in [4.69, 9.17) is 4.74 Å². The van der Waals surface area contributed by atoms with Crippen molar-refractivity contribution >= 4 is 0 Å². The summed E-state index contributed by atoms with van der Waals surface area (Å²) in [4.78, 5) is 0. The minimum Gasteiger partial charge on any atom is -0.389 e. The summed E-state index contributed by atoms with van der Waals surface area (Å²) in [5.74, 6) is 0. The second-order valence-corrected chi connectivity index (χ2v) is 4.93. The van der Waals surface area contributed by atoms with Gasteiger partial charge in [-0.05, 0) is 19.3 Å². The molecule has 0 spiro atoms. The molecule has 1 fully saturated rings. The maximum absolute atomic E-state index is 10.2. The van der Waals surface area contributed by atoms with Crippen molar-refractivity contribution in [3.05, 3.63) is 0 Å². The topological polar surface area (TPSA) is 41.5 Å². The van der Waals surface area contributed by atoms with Crippen LogP contribution in [-0.4, -0.2) is 37.0 Å². The molecule has 0 saturated heterocycles. The normalized spacial score (nSPS) is 19.9. The Morgan fingerprint density at radius 1 is 1.19 bits per heavy atom. The van der Waals surface area contributed by atoms with Crippen LogP contribution in [0.15, 0.2) is 0 Å². The Kier molecular flexibility index (Phi) is 7.01. The van der Waals surface area contributed by atoms with Crippen molar-refractivity contribution in [2.75, 3.05) is 26.3 Å². The van der Waals surface area contributed by atoms with Gasteiger partial charge in [0.2, 0.25) is 0 Å². The van der Waals surface area contributed by atoms with Gasteiger partial charge in [-0.2, -0.15) is 0 Å². The Bertz CT molecular complexity index is 167. The first kappa shape index (κ1) is 13.9. The van der Waals surface area contributed by atoms with Gasteiger partial charge in [0, 0.05) is 19.7 Å². The third-order valence-corrected chi connectivity index (χ3v) is 3.30. The van der Waals surface area contributed by atoms with E-state index < -0.39 is 5.60 Å². The quantitative estimate of drug-likeness (QED) is 0.626. The molecule has 0 aromatic heterocycles. The van der Waals surface area contributed by atoms with E-state index in [1.165, 1.54) is 25.7 Å². The Morgan fingerprint density at radius 2 is 1.94 bits per heavy atom. The average Bonchev–Trinajstić information content (AvgIpc) is 2.29. The summed E-state index contributed by atoms with van der Waals surface area (Å²) >= 11 is 0. The van der Waals surface area contributed by atoms with E-state index in [1.807, 2.05) is 0 Å². The molecule has 1 aliphatic carbocycles. The molecule has 1 aliphatic rings. The fourth-order valence-corrected chi connectivity index (χ4v) is 2.20. The highest BCUT2D eigenvalue weighted by Gasteiger charge is 2.28. The lowest BCUT2D eigenvalue weighted by atomic mass is 9.85. The number of rotatable bonds is 8. The fraction of sp³-hybridized carbons (Fsp3) is 1.00. The van der Waals surface area contributed by atoms with Gasteiger partial charge < -0.3 is 15.2 Å². The smallest absolute Gasteiger partial charge is 0.0771 e. The summed E-state index contributed by atoms with van der Waals surface area (Å²) in [6.45, 7) is 5.37. The maximum atomic E-state index is 10.2.